The van der Waals surface area contributed by atoms with E-state index in [9.17, 15) is 4.79 Å². The van der Waals surface area contributed by atoms with Crippen LogP contribution in [0.4, 0.5) is 5.82 Å². The van der Waals surface area contributed by atoms with Crippen molar-refractivity contribution in [2.75, 3.05) is 11.9 Å². The number of rotatable bonds is 3. The van der Waals surface area contributed by atoms with E-state index in [1.54, 1.807) is 0 Å². The molecule has 2 rings (SSSR count). The highest BCUT2D eigenvalue weighted by Crippen LogP contribution is 2.24. The third-order valence-corrected chi connectivity index (χ3v) is 3.40. The molecule has 0 radical (unpaired) electrons. The molecule has 0 bridgehead atoms. The van der Waals surface area contributed by atoms with E-state index in [0.29, 0.717) is 11.7 Å². The lowest BCUT2D eigenvalue weighted by Gasteiger charge is -2.16. The van der Waals surface area contributed by atoms with Crippen LogP contribution in [0.5, 0.6) is 0 Å². The summed E-state index contributed by atoms with van der Waals surface area (Å²) >= 11 is 5.82. The van der Waals surface area contributed by atoms with Gasteiger partial charge in [0.2, 0.25) is 0 Å². The molecule has 2 unspecified atom stereocenters. The lowest BCUT2D eigenvalue weighted by molar-refractivity contribution is 0.504. The van der Waals surface area contributed by atoms with Crippen LogP contribution in [0.1, 0.15) is 19.3 Å². The maximum Gasteiger partial charge on any atom is 0.271 e. The molecule has 1 heterocycles. The molecule has 0 amide bonds. The van der Waals surface area contributed by atoms with E-state index in [1.807, 2.05) is 0 Å². The van der Waals surface area contributed by atoms with Crippen LogP contribution in [0, 0.1) is 5.92 Å². The van der Waals surface area contributed by atoms with Gasteiger partial charge in [0.15, 0.2) is 5.82 Å². The zero-order valence-electron chi connectivity index (χ0n) is 8.87. The third kappa shape index (κ3) is 2.36. The summed E-state index contributed by atoms with van der Waals surface area (Å²) in [5, 5.41) is 3.19. The number of aromatic amines is 1. The van der Waals surface area contributed by atoms with E-state index < -0.39 is 0 Å². The molecule has 16 heavy (non-hydrogen) atoms. The van der Waals surface area contributed by atoms with E-state index >= 15 is 0 Å². The number of aromatic nitrogens is 2. The van der Waals surface area contributed by atoms with Gasteiger partial charge in [-0.05, 0) is 18.8 Å². The molecule has 2 atom stereocenters. The molecule has 0 saturated heterocycles. The minimum Gasteiger partial charge on any atom is -0.368 e. The number of nitrogens with zero attached hydrogens (tertiary/aromatic N) is 1. The zero-order chi connectivity index (χ0) is 11.5. The van der Waals surface area contributed by atoms with Crippen LogP contribution in [0.3, 0.4) is 0 Å². The largest absolute Gasteiger partial charge is 0.368 e. The van der Waals surface area contributed by atoms with Crippen molar-refractivity contribution in [3.63, 3.8) is 0 Å². The van der Waals surface area contributed by atoms with Gasteiger partial charge in [-0.15, -0.1) is 0 Å². The Morgan fingerprint density at radius 2 is 2.44 bits per heavy atom. The van der Waals surface area contributed by atoms with Crippen LogP contribution in [0.15, 0.2) is 11.1 Å². The molecular formula is C10H15ClN4O. The topological polar surface area (TPSA) is 83.8 Å². The van der Waals surface area contributed by atoms with Crippen LogP contribution < -0.4 is 16.6 Å². The zero-order valence-corrected chi connectivity index (χ0v) is 9.63. The van der Waals surface area contributed by atoms with Gasteiger partial charge in [-0.3, -0.25) is 4.79 Å². The number of H-pyrrole nitrogens is 1. The molecule has 1 fully saturated rings. The minimum absolute atomic E-state index is 0.106. The first-order valence-electron chi connectivity index (χ1n) is 5.41. The second-order valence-corrected chi connectivity index (χ2v) is 4.51. The van der Waals surface area contributed by atoms with Gasteiger partial charge in [0.1, 0.15) is 5.02 Å². The number of anilines is 1. The predicted molar refractivity (Wildman–Crippen MR) is 63.7 cm³/mol. The molecule has 88 valence electrons. The molecular weight excluding hydrogens is 228 g/mol. The quantitative estimate of drug-likeness (QED) is 0.737. The van der Waals surface area contributed by atoms with Gasteiger partial charge in [-0.25, -0.2) is 4.98 Å². The van der Waals surface area contributed by atoms with Crippen molar-refractivity contribution in [1.82, 2.24) is 9.97 Å². The van der Waals surface area contributed by atoms with Crippen molar-refractivity contribution in [2.24, 2.45) is 11.7 Å². The van der Waals surface area contributed by atoms with Gasteiger partial charge in [0.25, 0.3) is 5.56 Å². The maximum atomic E-state index is 11.2. The minimum atomic E-state index is -0.324. The first kappa shape index (κ1) is 11.4. The van der Waals surface area contributed by atoms with Crippen LogP contribution >= 0.6 is 11.6 Å². The molecule has 6 heteroatoms. The van der Waals surface area contributed by atoms with Gasteiger partial charge in [-0.2, -0.15) is 0 Å². The number of halogens is 1. The summed E-state index contributed by atoms with van der Waals surface area (Å²) in [4.78, 5) is 17.6. The normalized spacial score (nSPS) is 24.6. The number of hydrogen-bond donors (Lipinski definition) is 3. The average molecular weight is 243 g/mol. The Hall–Kier alpha value is -1.07. The number of nitrogens with one attached hydrogen (secondary N) is 2. The molecule has 4 N–H and O–H groups in total. The summed E-state index contributed by atoms with van der Waals surface area (Å²) in [5.74, 6) is 0.877. The van der Waals surface area contributed by atoms with Crippen molar-refractivity contribution in [3.05, 3.63) is 21.7 Å². The Balaban J connectivity index is 1.99. The van der Waals surface area contributed by atoms with Crippen molar-refractivity contribution >= 4 is 17.4 Å². The number of hydrogen-bond acceptors (Lipinski definition) is 4. The summed E-state index contributed by atoms with van der Waals surface area (Å²) in [6.45, 7) is 0.720. The second kappa shape index (κ2) is 4.84. The van der Waals surface area contributed by atoms with E-state index in [0.717, 1.165) is 19.4 Å². The summed E-state index contributed by atoms with van der Waals surface area (Å²) in [6.07, 6.45) is 4.70. The predicted octanol–water partition coefficient (Wildman–Crippen LogP) is 0.963. The summed E-state index contributed by atoms with van der Waals surface area (Å²) < 4.78 is 0. The smallest absolute Gasteiger partial charge is 0.271 e. The van der Waals surface area contributed by atoms with Crippen LogP contribution in [0.25, 0.3) is 0 Å². The van der Waals surface area contributed by atoms with Crippen molar-refractivity contribution < 1.29 is 0 Å². The highest BCUT2D eigenvalue weighted by atomic mass is 35.5. The van der Waals surface area contributed by atoms with Crippen LogP contribution in [-0.2, 0) is 0 Å². The molecule has 0 spiro atoms. The summed E-state index contributed by atoms with van der Waals surface area (Å²) in [6, 6.07) is 0.244. The van der Waals surface area contributed by atoms with Gasteiger partial charge in [-0.1, -0.05) is 18.0 Å². The monoisotopic (exact) mass is 242 g/mol. The fourth-order valence-corrected chi connectivity index (χ4v) is 2.22. The van der Waals surface area contributed by atoms with Gasteiger partial charge in [0.05, 0.1) is 6.33 Å². The molecule has 1 aliphatic carbocycles. The fraction of sp³-hybridized carbons (Fsp3) is 0.600. The van der Waals surface area contributed by atoms with E-state index in [1.165, 1.54) is 12.7 Å². The van der Waals surface area contributed by atoms with Crippen molar-refractivity contribution in [2.45, 2.75) is 25.3 Å². The highest BCUT2D eigenvalue weighted by Gasteiger charge is 2.23. The van der Waals surface area contributed by atoms with E-state index in [4.69, 9.17) is 17.3 Å². The Bertz CT molecular complexity index is 420. The second-order valence-electron chi connectivity index (χ2n) is 4.13. The first-order valence-corrected chi connectivity index (χ1v) is 5.79. The average Bonchev–Trinajstić information content (AvgIpc) is 2.67. The summed E-state index contributed by atoms with van der Waals surface area (Å²) in [5.41, 5.74) is 5.63. The van der Waals surface area contributed by atoms with Crippen LogP contribution in [0.2, 0.25) is 5.02 Å². The molecule has 1 aromatic heterocycles. The lowest BCUT2D eigenvalue weighted by atomic mass is 10.1. The highest BCUT2D eigenvalue weighted by molar-refractivity contribution is 6.32. The van der Waals surface area contributed by atoms with E-state index in [2.05, 4.69) is 15.3 Å². The van der Waals surface area contributed by atoms with Gasteiger partial charge >= 0.3 is 0 Å². The van der Waals surface area contributed by atoms with Crippen LogP contribution in [-0.4, -0.2) is 22.6 Å². The Labute approximate surface area is 98.4 Å². The Morgan fingerprint density at radius 1 is 1.62 bits per heavy atom. The Kier molecular flexibility index (Phi) is 3.46. The van der Waals surface area contributed by atoms with Gasteiger partial charge in [0, 0.05) is 12.6 Å². The number of nitrogens with two attached hydrogens (primary N) is 1. The maximum absolute atomic E-state index is 11.2. The van der Waals surface area contributed by atoms with Gasteiger partial charge < -0.3 is 16.0 Å². The SMILES string of the molecule is NC1CCCC1CNc1nc[nH]c(=O)c1Cl. The molecule has 5 nitrogen and oxygen atoms in total. The van der Waals surface area contributed by atoms with E-state index in [-0.39, 0.29) is 16.6 Å². The molecule has 1 saturated carbocycles. The Morgan fingerprint density at radius 3 is 3.12 bits per heavy atom. The lowest BCUT2D eigenvalue weighted by Crippen LogP contribution is -2.30. The van der Waals surface area contributed by atoms with Crippen molar-refractivity contribution in [3.8, 4) is 0 Å². The third-order valence-electron chi connectivity index (χ3n) is 3.05. The first-order chi connectivity index (χ1) is 7.68. The van der Waals surface area contributed by atoms with Crippen molar-refractivity contribution in [1.29, 1.82) is 0 Å². The molecule has 0 aromatic carbocycles. The molecule has 0 aliphatic heterocycles. The fourth-order valence-electron chi connectivity index (χ4n) is 2.05. The summed E-state index contributed by atoms with van der Waals surface area (Å²) in [7, 11) is 0. The molecule has 1 aliphatic rings. The standard InChI is InChI=1S/C10H15ClN4O/c11-8-9(14-5-15-10(8)16)13-4-6-2-1-3-7(6)12/h5-7H,1-4,12H2,(H2,13,14,15,16). The molecule has 1 aromatic rings.